The van der Waals surface area contributed by atoms with Gasteiger partial charge in [-0.1, -0.05) is 13.8 Å². The van der Waals surface area contributed by atoms with Crippen LogP contribution in [0.3, 0.4) is 0 Å². The standard InChI is InChI=1S/C10H15NO4/c1-5-6(2)8(13)11(7(5)12)10(3,4)9(14)15/h5-6H,1-4H3,(H,14,15). The Labute approximate surface area is 88.1 Å². The van der Waals surface area contributed by atoms with E-state index in [-0.39, 0.29) is 0 Å². The number of hydrogen-bond acceptors (Lipinski definition) is 3. The van der Waals surface area contributed by atoms with Gasteiger partial charge >= 0.3 is 5.97 Å². The maximum absolute atomic E-state index is 11.7. The summed E-state index contributed by atoms with van der Waals surface area (Å²) in [7, 11) is 0. The molecule has 2 unspecified atom stereocenters. The number of carbonyl (C=O) groups is 3. The van der Waals surface area contributed by atoms with Gasteiger partial charge in [-0.05, 0) is 13.8 Å². The normalized spacial score (nSPS) is 27.3. The summed E-state index contributed by atoms with van der Waals surface area (Å²) in [6.45, 7) is 6.00. The maximum atomic E-state index is 11.7. The minimum absolute atomic E-state index is 0.403. The number of nitrogens with zero attached hydrogens (tertiary/aromatic N) is 1. The molecule has 2 amide bonds. The third-order valence-electron chi connectivity index (χ3n) is 3.05. The highest BCUT2D eigenvalue weighted by Gasteiger charge is 2.51. The van der Waals surface area contributed by atoms with Crippen molar-refractivity contribution in [3.05, 3.63) is 0 Å². The highest BCUT2D eigenvalue weighted by Crippen LogP contribution is 2.31. The monoisotopic (exact) mass is 213 g/mol. The first kappa shape index (κ1) is 11.7. The Morgan fingerprint density at radius 1 is 1.20 bits per heavy atom. The number of amides is 2. The second kappa shape index (κ2) is 3.32. The Balaban J connectivity index is 3.12. The van der Waals surface area contributed by atoms with Crippen LogP contribution in [-0.4, -0.2) is 33.3 Å². The third-order valence-corrected chi connectivity index (χ3v) is 3.05. The Morgan fingerprint density at radius 3 is 1.80 bits per heavy atom. The van der Waals surface area contributed by atoms with Gasteiger partial charge in [0.1, 0.15) is 5.54 Å². The number of carboxylic acid groups (broad SMARTS) is 1. The molecule has 0 saturated carbocycles. The van der Waals surface area contributed by atoms with Crippen molar-refractivity contribution in [3.8, 4) is 0 Å². The Hall–Kier alpha value is -1.39. The number of aliphatic carboxylic acids is 1. The molecular weight excluding hydrogens is 198 g/mol. The van der Waals surface area contributed by atoms with E-state index >= 15 is 0 Å². The van der Waals surface area contributed by atoms with E-state index in [0.29, 0.717) is 0 Å². The fourth-order valence-corrected chi connectivity index (χ4v) is 1.59. The summed E-state index contributed by atoms with van der Waals surface area (Å²) < 4.78 is 0. The molecule has 1 aliphatic heterocycles. The van der Waals surface area contributed by atoms with E-state index in [9.17, 15) is 14.4 Å². The zero-order chi connectivity index (χ0) is 12.0. The highest BCUT2D eigenvalue weighted by atomic mass is 16.4. The van der Waals surface area contributed by atoms with Crippen LogP contribution in [0.4, 0.5) is 0 Å². The van der Waals surface area contributed by atoms with Crippen LogP contribution < -0.4 is 0 Å². The molecular formula is C10H15NO4. The second-order valence-corrected chi connectivity index (χ2v) is 4.45. The zero-order valence-corrected chi connectivity index (χ0v) is 9.27. The van der Waals surface area contributed by atoms with E-state index < -0.39 is 35.2 Å². The van der Waals surface area contributed by atoms with Crippen LogP contribution in [0.2, 0.25) is 0 Å². The number of carboxylic acids is 1. The van der Waals surface area contributed by atoms with Crippen LogP contribution in [0, 0.1) is 11.8 Å². The molecule has 1 fully saturated rings. The second-order valence-electron chi connectivity index (χ2n) is 4.45. The SMILES string of the molecule is CC1C(=O)N(C(C)(C)C(=O)O)C(=O)C1C. The van der Waals surface area contributed by atoms with Crippen LogP contribution in [0.15, 0.2) is 0 Å². The quantitative estimate of drug-likeness (QED) is 0.677. The van der Waals surface area contributed by atoms with Gasteiger partial charge in [-0.15, -0.1) is 0 Å². The largest absolute Gasteiger partial charge is 0.480 e. The predicted molar refractivity (Wildman–Crippen MR) is 51.9 cm³/mol. The first-order valence-corrected chi connectivity index (χ1v) is 4.82. The third kappa shape index (κ3) is 1.52. The number of hydrogen-bond donors (Lipinski definition) is 1. The first-order valence-electron chi connectivity index (χ1n) is 4.82. The fourth-order valence-electron chi connectivity index (χ4n) is 1.59. The predicted octanol–water partition coefficient (Wildman–Crippen LogP) is 0.491. The molecule has 0 spiro atoms. The van der Waals surface area contributed by atoms with E-state index in [1.807, 2.05) is 0 Å². The molecule has 0 radical (unpaired) electrons. The summed E-state index contributed by atoms with van der Waals surface area (Å²) in [5.74, 6) is -2.85. The molecule has 5 heteroatoms. The van der Waals surface area contributed by atoms with Crippen molar-refractivity contribution in [1.29, 1.82) is 0 Å². The van der Waals surface area contributed by atoms with Crippen LogP contribution >= 0.6 is 0 Å². The van der Waals surface area contributed by atoms with Gasteiger partial charge in [0, 0.05) is 11.8 Å². The van der Waals surface area contributed by atoms with Gasteiger partial charge < -0.3 is 5.11 Å². The lowest BCUT2D eigenvalue weighted by molar-refractivity contribution is -0.161. The van der Waals surface area contributed by atoms with Gasteiger partial charge in [-0.25, -0.2) is 4.79 Å². The Kier molecular flexibility index (Phi) is 2.59. The fraction of sp³-hybridized carbons (Fsp3) is 0.700. The smallest absolute Gasteiger partial charge is 0.329 e. The zero-order valence-electron chi connectivity index (χ0n) is 9.27. The summed E-state index contributed by atoms with van der Waals surface area (Å²) >= 11 is 0. The molecule has 1 heterocycles. The Morgan fingerprint density at radius 2 is 1.53 bits per heavy atom. The molecule has 1 aliphatic rings. The van der Waals surface area contributed by atoms with Crippen molar-refractivity contribution in [1.82, 2.24) is 4.90 Å². The first-order chi connectivity index (χ1) is 6.71. The molecule has 0 aromatic carbocycles. The average molecular weight is 213 g/mol. The van der Waals surface area contributed by atoms with Gasteiger partial charge in [0.05, 0.1) is 0 Å². The molecule has 0 aromatic heterocycles. The maximum Gasteiger partial charge on any atom is 0.329 e. The molecule has 1 rings (SSSR count). The minimum atomic E-state index is -1.47. The number of likely N-dealkylation sites (tertiary alicyclic amines) is 1. The molecule has 84 valence electrons. The van der Waals surface area contributed by atoms with Gasteiger partial charge in [0.25, 0.3) is 0 Å². The van der Waals surface area contributed by atoms with Gasteiger partial charge in [-0.3, -0.25) is 14.5 Å². The highest BCUT2D eigenvalue weighted by molar-refractivity contribution is 6.08. The molecule has 1 N–H and O–H groups in total. The van der Waals surface area contributed by atoms with Crippen molar-refractivity contribution in [2.45, 2.75) is 33.2 Å². The molecule has 5 nitrogen and oxygen atoms in total. The molecule has 0 aliphatic carbocycles. The lowest BCUT2D eigenvalue weighted by Gasteiger charge is -2.29. The average Bonchev–Trinajstić information content (AvgIpc) is 2.31. The van der Waals surface area contributed by atoms with Gasteiger partial charge in [-0.2, -0.15) is 0 Å². The molecule has 0 aromatic rings. The molecule has 0 bridgehead atoms. The van der Waals surface area contributed by atoms with Crippen LogP contribution in [0.5, 0.6) is 0 Å². The van der Waals surface area contributed by atoms with Crippen LogP contribution in [0.25, 0.3) is 0 Å². The summed E-state index contributed by atoms with van der Waals surface area (Å²) in [6.07, 6.45) is 0. The van der Waals surface area contributed by atoms with E-state index in [4.69, 9.17) is 5.11 Å². The summed E-state index contributed by atoms with van der Waals surface area (Å²) in [5.41, 5.74) is -1.47. The van der Waals surface area contributed by atoms with Crippen LogP contribution in [0.1, 0.15) is 27.7 Å². The molecule has 15 heavy (non-hydrogen) atoms. The van der Waals surface area contributed by atoms with Gasteiger partial charge in [0.15, 0.2) is 0 Å². The lowest BCUT2D eigenvalue weighted by atomic mass is 10.00. The summed E-state index contributed by atoms with van der Waals surface area (Å²) in [5, 5.41) is 8.96. The minimum Gasteiger partial charge on any atom is -0.480 e. The van der Waals surface area contributed by atoms with Gasteiger partial charge in [0.2, 0.25) is 11.8 Å². The van der Waals surface area contributed by atoms with Crippen molar-refractivity contribution >= 4 is 17.8 Å². The number of rotatable bonds is 2. The van der Waals surface area contributed by atoms with E-state index in [0.717, 1.165) is 4.90 Å². The number of carbonyl (C=O) groups excluding carboxylic acids is 2. The van der Waals surface area contributed by atoms with Crippen molar-refractivity contribution in [2.75, 3.05) is 0 Å². The summed E-state index contributed by atoms with van der Waals surface area (Å²) in [4.78, 5) is 35.3. The van der Waals surface area contributed by atoms with Crippen LogP contribution in [-0.2, 0) is 14.4 Å². The Bertz CT molecular complexity index is 314. The molecule has 1 saturated heterocycles. The summed E-state index contributed by atoms with van der Waals surface area (Å²) in [6, 6.07) is 0. The molecule has 2 atom stereocenters. The van der Waals surface area contributed by atoms with E-state index in [1.165, 1.54) is 13.8 Å². The van der Waals surface area contributed by atoms with Crippen molar-refractivity contribution in [3.63, 3.8) is 0 Å². The number of imide groups is 1. The lowest BCUT2D eigenvalue weighted by Crippen LogP contribution is -2.53. The van der Waals surface area contributed by atoms with Crippen molar-refractivity contribution in [2.24, 2.45) is 11.8 Å². The van der Waals surface area contributed by atoms with Crippen molar-refractivity contribution < 1.29 is 19.5 Å². The van der Waals surface area contributed by atoms with E-state index in [2.05, 4.69) is 0 Å². The van der Waals surface area contributed by atoms with E-state index in [1.54, 1.807) is 13.8 Å². The topological polar surface area (TPSA) is 74.7 Å².